The first-order valence-corrected chi connectivity index (χ1v) is 26.1. The molecule has 11 aromatic rings. The Morgan fingerprint density at radius 3 is 1.20 bits per heavy atom. The Bertz CT molecular complexity index is 3880. The third-order valence-electron chi connectivity index (χ3n) is 14.9. The molecule has 0 spiro atoms. The molecule has 0 aliphatic carbocycles. The summed E-state index contributed by atoms with van der Waals surface area (Å²) in [7, 11) is 0. The van der Waals surface area contributed by atoms with Gasteiger partial charge in [0.15, 0.2) is 17.5 Å². The van der Waals surface area contributed by atoms with Gasteiger partial charge in [0.2, 0.25) is 0 Å². The maximum atomic E-state index is 14.4. The molecule has 4 heterocycles. The molecule has 0 aliphatic heterocycles. The second kappa shape index (κ2) is 17.9. The number of alkyl halides is 3. The van der Waals surface area contributed by atoms with Crippen LogP contribution in [0.25, 0.3) is 100 Å². The van der Waals surface area contributed by atoms with Gasteiger partial charge in [-0.1, -0.05) is 150 Å². The Balaban J connectivity index is 1.23. The van der Waals surface area contributed by atoms with E-state index in [2.05, 4.69) is 191 Å². The highest BCUT2D eigenvalue weighted by Gasteiger charge is 2.32. The van der Waals surface area contributed by atoms with Gasteiger partial charge in [-0.3, -0.25) is 4.98 Å². The summed E-state index contributed by atoms with van der Waals surface area (Å²) in [6.07, 6.45) is -0.928. The summed E-state index contributed by atoms with van der Waals surface area (Å²) < 4.78 is 47.5. The zero-order valence-electron chi connectivity index (χ0n) is 45.4. The maximum absolute atomic E-state index is 14.4. The largest absolute Gasteiger partial charge is 0.416 e. The average Bonchev–Trinajstić information content (AvgIpc) is 3.93. The fourth-order valence-corrected chi connectivity index (χ4v) is 10.5. The lowest BCUT2D eigenvalue weighted by atomic mass is 9.79. The van der Waals surface area contributed by atoms with E-state index < -0.39 is 11.7 Å². The Morgan fingerprint density at radius 1 is 0.342 bits per heavy atom. The normalized spacial score (nSPS) is 12.9. The molecule has 0 amide bonds. The zero-order valence-corrected chi connectivity index (χ0v) is 45.4. The van der Waals surface area contributed by atoms with Crippen LogP contribution in [0.2, 0.25) is 0 Å². The van der Waals surface area contributed by atoms with Crippen LogP contribution >= 0.6 is 0 Å². The van der Waals surface area contributed by atoms with Gasteiger partial charge in [0.1, 0.15) is 0 Å². The Labute approximate surface area is 443 Å². The number of benzene rings is 7. The second-order valence-electron chi connectivity index (χ2n) is 24.5. The molecule has 0 unspecified atom stereocenters. The van der Waals surface area contributed by atoms with Crippen LogP contribution in [0.5, 0.6) is 0 Å². The Hall–Kier alpha value is -7.91. The molecule has 382 valence electrons. The van der Waals surface area contributed by atoms with Crippen molar-refractivity contribution in [1.29, 1.82) is 0 Å². The van der Waals surface area contributed by atoms with Crippen molar-refractivity contribution in [3.05, 3.63) is 192 Å². The van der Waals surface area contributed by atoms with Crippen LogP contribution < -0.4 is 0 Å². The van der Waals surface area contributed by atoms with Crippen molar-refractivity contribution in [3.63, 3.8) is 0 Å². The Morgan fingerprint density at radius 2 is 0.750 bits per heavy atom. The van der Waals surface area contributed by atoms with Gasteiger partial charge in [-0.15, -0.1) is 0 Å². The van der Waals surface area contributed by atoms with E-state index in [-0.39, 0.29) is 21.7 Å². The van der Waals surface area contributed by atoms with E-state index in [0.717, 1.165) is 66.9 Å². The predicted molar refractivity (Wildman–Crippen MR) is 308 cm³/mol. The molecule has 0 aliphatic rings. The van der Waals surface area contributed by atoms with Gasteiger partial charge < -0.3 is 9.13 Å². The molecule has 0 saturated heterocycles. The molecular weight excluding hydrogens is 946 g/mol. The highest BCUT2D eigenvalue weighted by molar-refractivity contribution is 6.11. The van der Waals surface area contributed by atoms with E-state index in [0.29, 0.717) is 39.4 Å². The van der Waals surface area contributed by atoms with Crippen LogP contribution in [0, 0.1) is 0 Å². The number of fused-ring (bicyclic) bond motifs is 6. The molecule has 7 aromatic carbocycles. The first-order valence-electron chi connectivity index (χ1n) is 26.1. The van der Waals surface area contributed by atoms with Crippen LogP contribution in [0.4, 0.5) is 13.2 Å². The molecule has 76 heavy (non-hydrogen) atoms. The van der Waals surface area contributed by atoms with Crippen LogP contribution in [-0.4, -0.2) is 29.1 Å². The number of halogens is 3. The molecule has 0 atom stereocenters. The summed E-state index contributed by atoms with van der Waals surface area (Å²) in [5.41, 5.74) is 12.7. The van der Waals surface area contributed by atoms with Crippen molar-refractivity contribution in [2.45, 2.75) is 111 Å². The summed E-state index contributed by atoms with van der Waals surface area (Å²) in [6.45, 7) is 26.9. The number of pyridine rings is 1. The third kappa shape index (κ3) is 9.03. The lowest BCUT2D eigenvalue weighted by Crippen LogP contribution is -2.17. The highest BCUT2D eigenvalue weighted by atomic mass is 19.4. The minimum absolute atomic E-state index is 0.159. The van der Waals surface area contributed by atoms with Crippen molar-refractivity contribution >= 4 is 43.6 Å². The molecule has 0 N–H and O–H groups in total. The number of nitrogens with zero attached hydrogens (tertiary/aromatic N) is 6. The predicted octanol–water partition coefficient (Wildman–Crippen LogP) is 18.3. The van der Waals surface area contributed by atoms with Crippen molar-refractivity contribution < 1.29 is 13.2 Å². The van der Waals surface area contributed by atoms with E-state index in [1.54, 1.807) is 12.3 Å². The molecule has 11 rings (SSSR count). The van der Waals surface area contributed by atoms with Crippen LogP contribution in [0.3, 0.4) is 0 Å². The number of para-hydroxylation sites is 3. The summed E-state index contributed by atoms with van der Waals surface area (Å²) in [6, 6.07) is 50.4. The van der Waals surface area contributed by atoms with E-state index >= 15 is 0 Å². The number of hydrogen-bond acceptors (Lipinski definition) is 4. The third-order valence-corrected chi connectivity index (χ3v) is 14.9. The van der Waals surface area contributed by atoms with Crippen molar-refractivity contribution in [2.24, 2.45) is 0 Å². The first kappa shape index (κ1) is 50.3. The minimum Gasteiger partial charge on any atom is -0.309 e. The highest BCUT2D eigenvalue weighted by Crippen LogP contribution is 2.44. The molecule has 0 bridgehead atoms. The monoisotopic (exact) mass is 1010 g/mol. The molecule has 6 nitrogen and oxygen atoms in total. The second-order valence-corrected chi connectivity index (χ2v) is 24.5. The van der Waals surface area contributed by atoms with Gasteiger partial charge in [0, 0.05) is 55.6 Å². The van der Waals surface area contributed by atoms with Gasteiger partial charge in [-0.25, -0.2) is 15.0 Å². The summed E-state index contributed by atoms with van der Waals surface area (Å²) >= 11 is 0. The summed E-state index contributed by atoms with van der Waals surface area (Å²) in [4.78, 5) is 21.1. The molecule has 0 saturated carbocycles. The Kier molecular flexibility index (Phi) is 11.8. The maximum Gasteiger partial charge on any atom is 0.416 e. The minimum atomic E-state index is -4.52. The molecule has 0 fully saturated rings. The number of rotatable bonds is 6. The standard InChI is InChI=1S/C67H63F3N6/c1-63(2,3)44-31-41(32-45(36-44)64(4,5)6)61-72-60(73-62(74-61)42-33-46(65(7,8)9)37-47(34-42)66(10,11)12)40-25-27-57(75-54-22-16-13-19-48(54)49-20-14-17-23-55(49)75)52(35-40)51-29-30-71-39-59(51)76-56-24-18-15-21-50(56)53-38-43(67(68,69)70)26-28-58(53)76/h13-39H,1-12H3. The van der Waals surface area contributed by atoms with Gasteiger partial charge in [-0.2, -0.15) is 13.2 Å². The van der Waals surface area contributed by atoms with E-state index in [1.807, 2.05) is 41.1 Å². The van der Waals surface area contributed by atoms with Gasteiger partial charge in [-0.05, 0) is 129 Å². The van der Waals surface area contributed by atoms with E-state index in [9.17, 15) is 13.2 Å². The van der Waals surface area contributed by atoms with Gasteiger partial charge >= 0.3 is 6.18 Å². The number of aromatic nitrogens is 6. The van der Waals surface area contributed by atoms with Gasteiger partial charge in [0.25, 0.3) is 0 Å². The van der Waals surface area contributed by atoms with Crippen molar-refractivity contribution in [3.8, 4) is 56.7 Å². The van der Waals surface area contributed by atoms with Crippen molar-refractivity contribution in [1.82, 2.24) is 29.1 Å². The lowest BCUT2D eigenvalue weighted by molar-refractivity contribution is -0.137. The molecule has 9 heteroatoms. The quantitative estimate of drug-likeness (QED) is 0.167. The smallest absolute Gasteiger partial charge is 0.309 e. The molecular formula is C67H63F3N6. The van der Waals surface area contributed by atoms with E-state index in [1.165, 1.54) is 28.3 Å². The van der Waals surface area contributed by atoms with Crippen LogP contribution in [0.15, 0.2) is 164 Å². The molecule has 0 radical (unpaired) electrons. The van der Waals surface area contributed by atoms with Crippen LogP contribution in [0.1, 0.15) is 111 Å². The summed E-state index contributed by atoms with van der Waals surface area (Å²) in [5.74, 6) is 1.63. The summed E-state index contributed by atoms with van der Waals surface area (Å²) in [5, 5.41) is 3.42. The zero-order chi connectivity index (χ0) is 53.9. The number of hydrogen-bond donors (Lipinski definition) is 0. The fraction of sp³-hybridized carbons (Fsp3) is 0.254. The molecule has 4 aromatic heterocycles. The van der Waals surface area contributed by atoms with E-state index in [4.69, 9.17) is 19.9 Å². The SMILES string of the molecule is CC(C)(C)c1cc(-c2nc(-c3cc(C(C)(C)C)cc(C(C)(C)C)c3)nc(-c3ccc(-n4c5ccccc5c5ccccc54)c(-c4ccncc4-n4c5ccccc5c5cc(C(F)(F)F)ccc54)c3)n2)cc(C(C)(C)C)c1. The van der Waals surface area contributed by atoms with Gasteiger partial charge in [0.05, 0.1) is 45.2 Å². The van der Waals surface area contributed by atoms with Crippen LogP contribution in [-0.2, 0) is 27.8 Å². The topological polar surface area (TPSA) is 61.4 Å². The fourth-order valence-electron chi connectivity index (χ4n) is 10.5. The average molecular weight is 1010 g/mol. The first-order chi connectivity index (χ1) is 35.8. The van der Waals surface area contributed by atoms with Crippen molar-refractivity contribution in [2.75, 3.05) is 0 Å². The lowest BCUT2D eigenvalue weighted by Gasteiger charge is -2.26.